The Labute approximate surface area is 128 Å². The lowest BCUT2D eigenvalue weighted by Gasteiger charge is -2.25. The molecule has 120 valence electrons. The molecule has 0 saturated carbocycles. The lowest BCUT2D eigenvalue weighted by molar-refractivity contribution is -0.155. The molecule has 0 aliphatic carbocycles. The Hall–Kier alpha value is -1.96. The van der Waals surface area contributed by atoms with Crippen molar-refractivity contribution < 1.29 is 30.0 Å². The van der Waals surface area contributed by atoms with Gasteiger partial charge in [0.2, 0.25) is 17.7 Å². The van der Waals surface area contributed by atoms with Crippen LogP contribution in [0.3, 0.4) is 0 Å². The largest absolute Gasteiger partial charge is 0.459 e. The van der Waals surface area contributed by atoms with Gasteiger partial charge in [-0.1, -0.05) is 0 Å². The van der Waals surface area contributed by atoms with E-state index in [4.69, 9.17) is 10.8 Å². The predicted octanol–water partition coefficient (Wildman–Crippen LogP) is -1.17. The lowest BCUT2D eigenvalue weighted by Crippen LogP contribution is -2.40. The first-order valence-corrected chi connectivity index (χ1v) is 7.16. The minimum absolute atomic E-state index is 0.00806. The number of likely N-dealkylation sites (tertiary alicyclic amines) is 1. The quantitative estimate of drug-likeness (QED) is 0.518. The summed E-state index contributed by atoms with van der Waals surface area (Å²) in [6.07, 6.45) is -3.41. The van der Waals surface area contributed by atoms with Gasteiger partial charge in [0.25, 0.3) is 0 Å². The zero-order chi connectivity index (χ0) is 16.9. The van der Waals surface area contributed by atoms with E-state index in [2.05, 4.69) is 5.32 Å². The molecule has 0 aromatic rings. The Bertz CT molecular complexity index is 582. The van der Waals surface area contributed by atoms with Crippen molar-refractivity contribution in [1.82, 2.24) is 10.2 Å². The number of carbonyl (C=O) groups is 4. The number of rotatable bonds is 4. The van der Waals surface area contributed by atoms with Gasteiger partial charge in [-0.25, -0.2) is 0 Å². The molecule has 6 unspecified atom stereocenters. The number of fused-ring (bicyclic) bond motifs is 5. The summed E-state index contributed by atoms with van der Waals surface area (Å²) in [5.74, 6) is -2.93. The molecular formula is C14H18N2O6. The number of hydrogen-bond acceptors (Lipinski definition) is 6. The first-order valence-electron chi connectivity index (χ1n) is 7.73. The van der Waals surface area contributed by atoms with Crippen LogP contribution < -0.4 is 5.32 Å². The topological polar surface area (TPSA) is 102 Å². The Kier molecular flexibility index (Phi) is 3.33. The van der Waals surface area contributed by atoms with Crippen LogP contribution in [0.1, 0.15) is 20.6 Å². The van der Waals surface area contributed by atoms with Crippen molar-refractivity contribution in [3.63, 3.8) is 0 Å². The smallest absolute Gasteiger partial charge is 0.306 e. The molecule has 2 bridgehead atoms. The molecule has 3 aliphatic heterocycles. The molecule has 3 saturated heterocycles. The summed E-state index contributed by atoms with van der Waals surface area (Å²) in [5.41, 5.74) is 0. The van der Waals surface area contributed by atoms with Crippen molar-refractivity contribution in [2.75, 3.05) is 14.1 Å². The fourth-order valence-electron chi connectivity index (χ4n) is 3.30. The standard InChI is InChI=1S/C14H18N2O6/c1-15-8(17)3-4-9(18)21-7-5-6-10-11(12(7)22-6)14(20)16(2)13(10)19/h6-7,10-12H,3-5H2,1-2H3,(H,15,17)/i5D. The van der Waals surface area contributed by atoms with E-state index in [0.717, 1.165) is 4.90 Å². The lowest BCUT2D eigenvalue weighted by atomic mass is 9.79. The van der Waals surface area contributed by atoms with Gasteiger partial charge in [-0.05, 0) is 0 Å². The second-order valence-corrected chi connectivity index (χ2v) is 5.67. The van der Waals surface area contributed by atoms with Gasteiger partial charge >= 0.3 is 5.97 Å². The van der Waals surface area contributed by atoms with E-state index < -0.39 is 42.5 Å². The van der Waals surface area contributed by atoms with Gasteiger partial charge in [0.05, 0.1) is 24.4 Å². The van der Waals surface area contributed by atoms with Crippen LogP contribution in [0, 0.1) is 11.8 Å². The normalized spacial score (nSPS) is 39.7. The predicted molar refractivity (Wildman–Crippen MR) is 71.2 cm³/mol. The zero-order valence-electron chi connectivity index (χ0n) is 13.3. The van der Waals surface area contributed by atoms with E-state index in [0.29, 0.717) is 0 Å². The highest BCUT2D eigenvalue weighted by atomic mass is 16.6. The second kappa shape index (κ2) is 5.35. The van der Waals surface area contributed by atoms with E-state index in [-0.39, 0.29) is 30.6 Å². The van der Waals surface area contributed by atoms with Crippen LogP contribution in [0.25, 0.3) is 0 Å². The van der Waals surface area contributed by atoms with Crippen molar-refractivity contribution in [3.05, 3.63) is 0 Å². The highest BCUT2D eigenvalue weighted by molar-refractivity contribution is 6.06. The van der Waals surface area contributed by atoms with Crippen molar-refractivity contribution in [2.45, 2.75) is 37.6 Å². The van der Waals surface area contributed by atoms with Gasteiger partial charge in [0.15, 0.2) is 0 Å². The molecule has 0 spiro atoms. The van der Waals surface area contributed by atoms with Crippen LogP contribution in [0.5, 0.6) is 0 Å². The third-order valence-electron chi connectivity index (χ3n) is 4.45. The highest BCUT2D eigenvalue weighted by Gasteiger charge is 2.65. The Morgan fingerprint density at radius 1 is 1.36 bits per heavy atom. The fraction of sp³-hybridized carbons (Fsp3) is 0.714. The summed E-state index contributed by atoms with van der Waals surface area (Å²) in [4.78, 5) is 48.2. The third kappa shape index (κ3) is 2.18. The van der Waals surface area contributed by atoms with Crippen molar-refractivity contribution in [2.24, 2.45) is 11.8 Å². The average Bonchev–Trinajstić information content (AvgIpc) is 3.13. The Balaban J connectivity index is 1.67. The number of amides is 3. The van der Waals surface area contributed by atoms with E-state index in [1.165, 1.54) is 14.1 Å². The number of ether oxygens (including phenoxy) is 2. The Morgan fingerprint density at radius 2 is 2.05 bits per heavy atom. The summed E-state index contributed by atoms with van der Waals surface area (Å²) in [5, 5.41) is 2.40. The van der Waals surface area contributed by atoms with Crippen molar-refractivity contribution in [3.8, 4) is 0 Å². The SMILES string of the molecule is [2H]C1C(OC(=O)CCC(=O)NC)C2OC1C1C(=O)N(C)C(=O)C21. The van der Waals surface area contributed by atoms with Gasteiger partial charge in [0, 0.05) is 28.3 Å². The highest BCUT2D eigenvalue weighted by Crippen LogP contribution is 2.49. The molecule has 1 N–H and O–H groups in total. The summed E-state index contributed by atoms with van der Waals surface area (Å²) in [6.45, 7) is 0. The summed E-state index contributed by atoms with van der Waals surface area (Å²) < 4.78 is 19.0. The van der Waals surface area contributed by atoms with Gasteiger partial charge in [-0.15, -0.1) is 0 Å². The molecular weight excluding hydrogens is 292 g/mol. The Morgan fingerprint density at radius 3 is 2.73 bits per heavy atom. The van der Waals surface area contributed by atoms with Crippen LogP contribution >= 0.6 is 0 Å². The summed E-state index contributed by atoms with van der Waals surface area (Å²) >= 11 is 0. The second-order valence-electron chi connectivity index (χ2n) is 5.67. The van der Waals surface area contributed by atoms with Crippen LogP contribution in [0.4, 0.5) is 0 Å². The van der Waals surface area contributed by atoms with E-state index >= 15 is 0 Å². The number of imide groups is 1. The summed E-state index contributed by atoms with van der Waals surface area (Å²) in [6, 6.07) is 0. The number of carbonyl (C=O) groups excluding carboxylic acids is 4. The molecule has 8 heteroatoms. The molecule has 22 heavy (non-hydrogen) atoms. The number of nitrogens with one attached hydrogen (secondary N) is 1. The van der Waals surface area contributed by atoms with Crippen molar-refractivity contribution in [1.29, 1.82) is 0 Å². The number of esters is 1. The molecule has 3 aliphatic rings. The monoisotopic (exact) mass is 311 g/mol. The van der Waals surface area contributed by atoms with Gasteiger partial charge in [-0.3, -0.25) is 24.1 Å². The van der Waals surface area contributed by atoms with Crippen LogP contribution in [-0.4, -0.2) is 61.0 Å². The fourth-order valence-corrected chi connectivity index (χ4v) is 3.30. The number of hydrogen-bond donors (Lipinski definition) is 1. The van der Waals surface area contributed by atoms with Crippen LogP contribution in [0.15, 0.2) is 0 Å². The average molecular weight is 311 g/mol. The molecule has 0 aromatic heterocycles. The molecule has 3 rings (SSSR count). The minimum Gasteiger partial charge on any atom is -0.459 e. The van der Waals surface area contributed by atoms with Crippen LogP contribution in [0.2, 0.25) is 0 Å². The van der Waals surface area contributed by atoms with Gasteiger partial charge in [0.1, 0.15) is 12.2 Å². The maximum atomic E-state index is 12.1. The molecule has 3 heterocycles. The number of nitrogens with zero attached hydrogens (tertiary/aromatic N) is 1. The zero-order valence-corrected chi connectivity index (χ0v) is 12.3. The van der Waals surface area contributed by atoms with Crippen molar-refractivity contribution >= 4 is 23.7 Å². The molecule has 3 fully saturated rings. The summed E-state index contributed by atoms with van der Waals surface area (Å²) in [7, 11) is 2.88. The maximum Gasteiger partial charge on any atom is 0.306 e. The molecule has 0 aromatic carbocycles. The molecule has 3 amide bonds. The van der Waals surface area contributed by atoms with Crippen LogP contribution in [-0.2, 0) is 28.7 Å². The van der Waals surface area contributed by atoms with Gasteiger partial charge in [-0.2, -0.15) is 0 Å². The molecule has 6 atom stereocenters. The molecule has 0 radical (unpaired) electrons. The molecule has 8 nitrogen and oxygen atoms in total. The van der Waals surface area contributed by atoms with E-state index in [9.17, 15) is 19.2 Å². The van der Waals surface area contributed by atoms with E-state index in [1.807, 2.05) is 0 Å². The first-order chi connectivity index (χ1) is 10.9. The minimum atomic E-state index is -0.909. The third-order valence-corrected chi connectivity index (χ3v) is 4.45. The maximum absolute atomic E-state index is 12.1. The first kappa shape index (κ1) is 13.7. The van der Waals surface area contributed by atoms with Gasteiger partial charge < -0.3 is 14.8 Å². The van der Waals surface area contributed by atoms with E-state index in [1.54, 1.807) is 0 Å².